The SMILES string of the molecule is CC(C)c1ccccc1[C@@H]1CCC[C@@H]1N1CC2(CCN(c3ccc(C(=O)NS(=O)(=O)c4cc5c(c([N+](=O)[O-])c4)N[C@@H](C4CCC(C)(O)CC4)CO5)c(Oc4cnc5[nH]cc(F)c5c4)c3)CC2)C1=O. The monoisotopic (exact) mass is 949 g/mol. The molecule has 3 atom stereocenters. The summed E-state index contributed by atoms with van der Waals surface area (Å²) in [6.07, 6.45) is 9.41. The normalized spacial score (nSPS) is 24.6. The molecule has 10 rings (SSSR count). The molecule has 0 bridgehead atoms. The van der Waals surface area contributed by atoms with Crippen LogP contribution < -0.4 is 24.4 Å². The van der Waals surface area contributed by atoms with Crippen LogP contribution >= 0.6 is 0 Å². The number of nitro groups is 1. The molecule has 5 aromatic rings. The summed E-state index contributed by atoms with van der Waals surface area (Å²) in [6.45, 7) is 8.13. The zero-order valence-electron chi connectivity index (χ0n) is 38.3. The lowest BCUT2D eigenvalue weighted by molar-refractivity contribution is -0.384. The molecule has 5 heterocycles. The number of nitrogens with zero attached hydrogens (tertiary/aromatic N) is 4. The fourth-order valence-electron chi connectivity index (χ4n) is 11.4. The van der Waals surface area contributed by atoms with Gasteiger partial charge >= 0.3 is 0 Å². The van der Waals surface area contributed by atoms with E-state index >= 15 is 0 Å². The number of halogens is 1. The smallest absolute Gasteiger partial charge is 0.297 e. The second-order valence-electron chi connectivity index (χ2n) is 20.0. The highest BCUT2D eigenvalue weighted by Gasteiger charge is 2.56. The fraction of sp³-hybridized carbons (Fsp3) is 0.460. The Bertz CT molecular complexity index is 2920. The largest absolute Gasteiger partial charge is 0.489 e. The topological polar surface area (TPSA) is 209 Å². The van der Waals surface area contributed by atoms with E-state index in [1.54, 1.807) is 19.1 Å². The maximum Gasteiger partial charge on any atom is 0.297 e. The van der Waals surface area contributed by atoms with E-state index in [2.05, 4.69) is 67.9 Å². The summed E-state index contributed by atoms with van der Waals surface area (Å²) in [5.41, 5.74) is 1.73. The molecule has 5 aliphatic rings. The summed E-state index contributed by atoms with van der Waals surface area (Å²) in [5.74, 6) is -0.680. The lowest BCUT2D eigenvalue weighted by Crippen LogP contribution is -2.67. The van der Waals surface area contributed by atoms with Gasteiger partial charge in [-0.15, -0.1) is 0 Å². The van der Waals surface area contributed by atoms with E-state index < -0.39 is 48.3 Å². The highest BCUT2D eigenvalue weighted by atomic mass is 32.2. The second kappa shape index (κ2) is 17.4. The highest BCUT2D eigenvalue weighted by molar-refractivity contribution is 7.90. The van der Waals surface area contributed by atoms with Crippen LogP contribution in [0, 0.1) is 27.3 Å². The van der Waals surface area contributed by atoms with Crippen LogP contribution in [0.3, 0.4) is 0 Å². The summed E-state index contributed by atoms with van der Waals surface area (Å²) in [4.78, 5) is 50.6. The van der Waals surface area contributed by atoms with Crippen molar-refractivity contribution in [1.29, 1.82) is 0 Å². The first kappa shape index (κ1) is 45.5. The van der Waals surface area contributed by atoms with Crippen molar-refractivity contribution in [3.05, 3.63) is 106 Å². The number of aromatic nitrogens is 2. The maximum absolute atomic E-state index is 14.7. The number of rotatable bonds is 11. The molecule has 1 spiro atoms. The van der Waals surface area contributed by atoms with Crippen molar-refractivity contribution in [2.75, 3.05) is 36.5 Å². The van der Waals surface area contributed by atoms with Crippen molar-refractivity contribution in [3.63, 3.8) is 0 Å². The standard InChI is InChI=1S/C50H56FN7O9S/c1-29(2)34-7-4-5-8-35(34)36-9-6-10-41(36)57-28-50(48(57)60)17-19-56(20-18-50)31-11-12-37(43(21-31)67-32-22-38-39(51)26-53-46(38)52-25-32)47(59)55-68(64,65)33-23-42(58(62)63)45-44(24-33)66-27-40(54-45)30-13-15-49(3,61)16-14-30/h4-5,7-8,11-12,21-26,29-30,36,40-41,54,61H,6,9-10,13-20,27-28H2,1-3H3,(H,52,53)(H,55,59)/t30?,36-,40+,41-,49?/m0/s1. The van der Waals surface area contributed by atoms with Crippen LogP contribution in [0.4, 0.5) is 21.5 Å². The summed E-state index contributed by atoms with van der Waals surface area (Å²) < 4.78 is 56.8. The van der Waals surface area contributed by atoms with Crippen molar-refractivity contribution >= 4 is 49.9 Å². The Morgan fingerprint density at radius 3 is 2.56 bits per heavy atom. The van der Waals surface area contributed by atoms with Crippen LogP contribution in [0.25, 0.3) is 11.0 Å². The Labute approximate surface area is 393 Å². The number of H-pyrrole nitrogens is 1. The number of fused-ring (bicyclic) bond motifs is 2. The predicted octanol–water partition coefficient (Wildman–Crippen LogP) is 8.52. The third-order valence-corrected chi connectivity index (χ3v) is 16.6. The molecule has 4 N–H and O–H groups in total. The third-order valence-electron chi connectivity index (χ3n) is 15.3. The fourth-order valence-corrected chi connectivity index (χ4v) is 12.4. The number of piperidine rings is 1. The van der Waals surface area contributed by atoms with Gasteiger partial charge in [-0.3, -0.25) is 19.7 Å². The van der Waals surface area contributed by atoms with E-state index in [4.69, 9.17) is 9.47 Å². The molecule has 3 aromatic carbocycles. The Morgan fingerprint density at radius 1 is 1.06 bits per heavy atom. The van der Waals surface area contributed by atoms with Gasteiger partial charge in [0.2, 0.25) is 5.91 Å². The Balaban J connectivity index is 0.873. The molecule has 18 heteroatoms. The number of likely N-dealkylation sites (tertiary alicyclic amines) is 1. The number of hydrogen-bond donors (Lipinski definition) is 4. The first-order chi connectivity index (χ1) is 32.5. The summed E-state index contributed by atoms with van der Waals surface area (Å²) in [7, 11) is -4.75. The molecule has 2 amide bonds. The molecule has 2 saturated heterocycles. The number of nitrogens with one attached hydrogen (secondary N) is 3. The van der Waals surface area contributed by atoms with E-state index in [0.717, 1.165) is 37.6 Å². The molecule has 358 valence electrons. The van der Waals surface area contributed by atoms with E-state index in [-0.39, 0.29) is 70.0 Å². The van der Waals surface area contributed by atoms with Crippen LogP contribution in [0.2, 0.25) is 0 Å². The van der Waals surface area contributed by atoms with Crippen molar-refractivity contribution in [2.45, 2.75) is 113 Å². The minimum absolute atomic E-state index is 0.0397. The van der Waals surface area contributed by atoms with E-state index in [1.807, 2.05) is 0 Å². The van der Waals surface area contributed by atoms with Gasteiger partial charge < -0.3 is 34.7 Å². The Kier molecular flexibility index (Phi) is 11.6. The first-order valence-corrected chi connectivity index (χ1v) is 25.1. The van der Waals surface area contributed by atoms with Crippen molar-refractivity contribution in [1.82, 2.24) is 19.6 Å². The number of sulfonamides is 1. The van der Waals surface area contributed by atoms with E-state index in [9.17, 15) is 37.6 Å². The number of anilines is 2. The second-order valence-corrected chi connectivity index (χ2v) is 21.7. The van der Waals surface area contributed by atoms with Gasteiger partial charge in [-0.2, -0.15) is 0 Å². The van der Waals surface area contributed by atoms with Crippen molar-refractivity contribution in [3.8, 4) is 17.2 Å². The van der Waals surface area contributed by atoms with Gasteiger partial charge in [-0.05, 0) is 99.5 Å². The van der Waals surface area contributed by atoms with Crippen LogP contribution in [0.1, 0.15) is 112 Å². The summed E-state index contributed by atoms with van der Waals surface area (Å²) >= 11 is 0. The molecule has 3 aliphatic heterocycles. The molecule has 2 aromatic heterocycles. The number of β-lactam (4-membered cyclic amide) rings is 1. The number of pyridine rings is 1. The predicted molar refractivity (Wildman–Crippen MR) is 252 cm³/mol. The van der Waals surface area contributed by atoms with Gasteiger partial charge in [-0.25, -0.2) is 22.5 Å². The number of benzene rings is 3. The summed E-state index contributed by atoms with van der Waals surface area (Å²) in [5, 5.41) is 26.2. The molecule has 0 radical (unpaired) electrons. The molecule has 2 saturated carbocycles. The quantitative estimate of drug-likeness (QED) is 0.0558. The first-order valence-electron chi connectivity index (χ1n) is 23.6. The number of carbonyl (C=O) groups is 2. The average Bonchev–Trinajstić information content (AvgIpc) is 3.96. The van der Waals surface area contributed by atoms with Crippen molar-refractivity contribution < 1.29 is 41.9 Å². The van der Waals surface area contributed by atoms with Gasteiger partial charge in [0.15, 0.2) is 11.4 Å². The lowest BCUT2D eigenvalue weighted by atomic mass is 9.69. The number of ether oxygens (including phenoxy) is 2. The van der Waals surface area contributed by atoms with Gasteiger partial charge in [0.25, 0.3) is 21.6 Å². The molecule has 4 fully saturated rings. The van der Waals surface area contributed by atoms with Crippen LogP contribution in [-0.4, -0.2) is 89.1 Å². The highest BCUT2D eigenvalue weighted by Crippen LogP contribution is 2.50. The average molecular weight is 950 g/mol. The van der Waals surface area contributed by atoms with E-state index in [1.165, 1.54) is 29.5 Å². The van der Waals surface area contributed by atoms with Gasteiger partial charge in [0.05, 0.1) is 44.0 Å². The number of aromatic amines is 1. The molecular formula is C50H56FN7O9S. The number of aliphatic hydroxyl groups is 1. The minimum Gasteiger partial charge on any atom is -0.489 e. The number of amides is 2. The molecule has 68 heavy (non-hydrogen) atoms. The molecule has 0 unspecified atom stereocenters. The zero-order valence-corrected chi connectivity index (χ0v) is 39.1. The minimum atomic E-state index is -4.75. The number of nitro benzene ring substituents is 1. The maximum atomic E-state index is 14.7. The Morgan fingerprint density at radius 2 is 1.82 bits per heavy atom. The van der Waals surface area contributed by atoms with Crippen LogP contribution in [0.5, 0.6) is 17.2 Å². The molecular weight excluding hydrogens is 894 g/mol. The van der Waals surface area contributed by atoms with E-state index in [0.29, 0.717) is 75.7 Å². The van der Waals surface area contributed by atoms with Crippen LogP contribution in [0.15, 0.2) is 78.0 Å². The third kappa shape index (κ3) is 8.39. The number of hydrogen-bond acceptors (Lipinski definition) is 12. The van der Waals surface area contributed by atoms with Gasteiger partial charge in [0, 0.05) is 61.7 Å². The van der Waals surface area contributed by atoms with Crippen molar-refractivity contribution in [2.24, 2.45) is 11.3 Å². The number of carbonyl (C=O) groups excluding carboxylic acids is 2. The molecule has 16 nitrogen and oxygen atoms in total. The lowest BCUT2D eigenvalue weighted by Gasteiger charge is -2.55. The van der Waals surface area contributed by atoms with Gasteiger partial charge in [-0.1, -0.05) is 44.5 Å². The summed E-state index contributed by atoms with van der Waals surface area (Å²) in [6, 6.07) is 16.7. The molecule has 2 aliphatic carbocycles. The van der Waals surface area contributed by atoms with Gasteiger partial charge in [0.1, 0.15) is 29.6 Å². The Hall–Kier alpha value is -6.27. The zero-order chi connectivity index (χ0) is 47.7. The van der Waals surface area contributed by atoms with Crippen LogP contribution in [-0.2, 0) is 14.8 Å².